The highest BCUT2D eigenvalue weighted by Gasteiger charge is 2.01. The van der Waals surface area contributed by atoms with Crippen LogP contribution in [0.4, 0.5) is 5.69 Å². The van der Waals surface area contributed by atoms with Crippen LogP contribution in [0.2, 0.25) is 0 Å². The lowest BCUT2D eigenvalue weighted by Crippen LogP contribution is -1.97. The van der Waals surface area contributed by atoms with E-state index in [9.17, 15) is 0 Å². The summed E-state index contributed by atoms with van der Waals surface area (Å²) in [4.78, 5) is 4.29. The first-order valence-corrected chi connectivity index (χ1v) is 6.65. The number of nitrogens with two attached hydrogens (primary N) is 1. The van der Waals surface area contributed by atoms with Gasteiger partial charge in [0.05, 0.1) is 7.11 Å². The molecule has 106 valence electrons. The number of fused-ring (bicyclic) bond motifs is 1. The summed E-state index contributed by atoms with van der Waals surface area (Å²) in [6.45, 7) is 0.470. The monoisotopic (exact) mass is 280 g/mol. The van der Waals surface area contributed by atoms with Crippen LogP contribution in [-0.2, 0) is 6.61 Å². The molecule has 0 atom stereocenters. The van der Waals surface area contributed by atoms with E-state index in [1.807, 2.05) is 48.5 Å². The molecule has 0 fully saturated rings. The van der Waals surface area contributed by atoms with Gasteiger partial charge in [-0.3, -0.25) is 0 Å². The Morgan fingerprint density at radius 1 is 1.00 bits per heavy atom. The second kappa shape index (κ2) is 5.71. The molecule has 0 spiro atoms. The molecule has 0 aliphatic rings. The molecule has 21 heavy (non-hydrogen) atoms. The average Bonchev–Trinajstić information content (AvgIpc) is 2.53. The van der Waals surface area contributed by atoms with Crippen LogP contribution in [0.1, 0.15) is 5.56 Å². The second-order valence-corrected chi connectivity index (χ2v) is 4.77. The Balaban J connectivity index is 1.73. The Kier molecular flexibility index (Phi) is 3.60. The van der Waals surface area contributed by atoms with Crippen LogP contribution in [0.5, 0.6) is 11.6 Å². The van der Waals surface area contributed by atoms with Gasteiger partial charge in [0.2, 0.25) is 5.88 Å². The van der Waals surface area contributed by atoms with Crippen molar-refractivity contribution in [2.75, 3.05) is 12.8 Å². The molecular formula is C17H16N2O2. The number of methoxy groups -OCH3 is 1. The number of hydrogen-bond acceptors (Lipinski definition) is 4. The number of nitrogens with zero attached hydrogens (tertiary/aromatic N) is 1. The van der Waals surface area contributed by atoms with Crippen LogP contribution in [0, 0.1) is 0 Å². The number of aromatic nitrogens is 1. The molecule has 4 heteroatoms. The molecule has 0 aliphatic carbocycles. The van der Waals surface area contributed by atoms with Crippen molar-refractivity contribution in [2.45, 2.75) is 6.61 Å². The average molecular weight is 280 g/mol. The van der Waals surface area contributed by atoms with E-state index in [0.717, 1.165) is 27.8 Å². The van der Waals surface area contributed by atoms with Crippen molar-refractivity contribution in [1.29, 1.82) is 0 Å². The van der Waals surface area contributed by atoms with Gasteiger partial charge in [-0.15, -0.1) is 0 Å². The highest BCUT2D eigenvalue weighted by atomic mass is 16.5. The predicted octanol–water partition coefficient (Wildman–Crippen LogP) is 3.40. The molecular weight excluding hydrogens is 264 g/mol. The lowest BCUT2D eigenvalue weighted by atomic mass is 10.1. The fraction of sp³-hybridized carbons (Fsp3) is 0.118. The lowest BCUT2D eigenvalue weighted by molar-refractivity contribution is 0.294. The fourth-order valence-electron chi connectivity index (χ4n) is 2.10. The van der Waals surface area contributed by atoms with Crippen molar-refractivity contribution < 1.29 is 9.47 Å². The first-order valence-electron chi connectivity index (χ1n) is 6.65. The van der Waals surface area contributed by atoms with Gasteiger partial charge in [0, 0.05) is 23.3 Å². The highest BCUT2D eigenvalue weighted by molar-refractivity contribution is 5.85. The summed E-state index contributed by atoms with van der Waals surface area (Å²) in [5, 5.41) is 2.07. The highest BCUT2D eigenvalue weighted by Crippen LogP contribution is 2.21. The van der Waals surface area contributed by atoms with Gasteiger partial charge in [-0.2, -0.15) is 0 Å². The summed E-state index contributed by atoms with van der Waals surface area (Å²) >= 11 is 0. The van der Waals surface area contributed by atoms with Gasteiger partial charge in [-0.25, -0.2) is 4.98 Å². The number of hydrogen-bond donors (Lipinski definition) is 1. The van der Waals surface area contributed by atoms with Crippen molar-refractivity contribution >= 4 is 16.5 Å². The molecule has 0 aliphatic heterocycles. The number of benzene rings is 2. The minimum atomic E-state index is 0.470. The van der Waals surface area contributed by atoms with Crippen LogP contribution >= 0.6 is 0 Å². The van der Waals surface area contributed by atoms with Crippen molar-refractivity contribution in [3.8, 4) is 11.6 Å². The van der Waals surface area contributed by atoms with Gasteiger partial charge >= 0.3 is 0 Å². The lowest BCUT2D eigenvalue weighted by Gasteiger charge is -2.07. The standard InChI is InChI=1S/C17H16N2O2/c1-20-16-6-2-12(3-7-16)11-21-17-9-13-4-5-15(18)8-14(13)10-19-17/h2-10H,11,18H2,1H3. The first-order chi connectivity index (χ1) is 10.2. The van der Waals surface area contributed by atoms with E-state index in [2.05, 4.69) is 4.98 Å². The molecule has 0 saturated heterocycles. The van der Waals surface area contributed by atoms with E-state index in [0.29, 0.717) is 12.5 Å². The van der Waals surface area contributed by atoms with Crippen molar-refractivity contribution in [1.82, 2.24) is 4.98 Å². The molecule has 2 aromatic carbocycles. The van der Waals surface area contributed by atoms with E-state index in [1.54, 1.807) is 13.3 Å². The summed E-state index contributed by atoms with van der Waals surface area (Å²) in [5.74, 6) is 1.43. The van der Waals surface area contributed by atoms with Crippen molar-refractivity contribution in [3.63, 3.8) is 0 Å². The first kappa shape index (κ1) is 13.2. The summed E-state index contributed by atoms with van der Waals surface area (Å²) in [6, 6.07) is 15.4. The Labute approximate surface area is 123 Å². The SMILES string of the molecule is COc1ccc(COc2cc3ccc(N)cc3cn2)cc1. The zero-order valence-corrected chi connectivity index (χ0v) is 11.7. The Morgan fingerprint density at radius 3 is 2.57 bits per heavy atom. The molecule has 0 saturated carbocycles. The molecule has 3 aromatic rings. The van der Waals surface area contributed by atoms with E-state index < -0.39 is 0 Å². The maximum absolute atomic E-state index is 5.75. The van der Waals surface area contributed by atoms with Gasteiger partial charge < -0.3 is 15.2 Å². The van der Waals surface area contributed by atoms with Gasteiger partial charge in [0.25, 0.3) is 0 Å². The Bertz CT molecular complexity index is 754. The molecule has 0 radical (unpaired) electrons. The van der Waals surface area contributed by atoms with E-state index in [1.165, 1.54) is 0 Å². The molecule has 0 bridgehead atoms. The van der Waals surface area contributed by atoms with Crippen LogP contribution in [-0.4, -0.2) is 12.1 Å². The Morgan fingerprint density at radius 2 is 1.81 bits per heavy atom. The smallest absolute Gasteiger partial charge is 0.214 e. The number of ether oxygens (including phenoxy) is 2. The van der Waals surface area contributed by atoms with Gasteiger partial charge in [0.15, 0.2) is 0 Å². The zero-order valence-electron chi connectivity index (χ0n) is 11.7. The number of rotatable bonds is 4. The van der Waals surface area contributed by atoms with E-state index in [4.69, 9.17) is 15.2 Å². The van der Waals surface area contributed by atoms with Gasteiger partial charge in [0.1, 0.15) is 12.4 Å². The second-order valence-electron chi connectivity index (χ2n) is 4.77. The summed E-state index contributed by atoms with van der Waals surface area (Å²) in [5.41, 5.74) is 7.55. The van der Waals surface area contributed by atoms with Crippen LogP contribution in [0.25, 0.3) is 10.8 Å². The van der Waals surface area contributed by atoms with Gasteiger partial charge in [-0.1, -0.05) is 18.2 Å². The van der Waals surface area contributed by atoms with E-state index in [-0.39, 0.29) is 0 Å². The molecule has 4 nitrogen and oxygen atoms in total. The van der Waals surface area contributed by atoms with E-state index >= 15 is 0 Å². The summed E-state index contributed by atoms with van der Waals surface area (Å²) < 4.78 is 10.8. The molecule has 0 unspecified atom stereocenters. The summed E-state index contributed by atoms with van der Waals surface area (Å²) in [7, 11) is 1.65. The maximum atomic E-state index is 5.75. The summed E-state index contributed by atoms with van der Waals surface area (Å²) in [6.07, 6.45) is 1.77. The zero-order chi connectivity index (χ0) is 14.7. The largest absolute Gasteiger partial charge is 0.497 e. The van der Waals surface area contributed by atoms with Crippen molar-refractivity contribution in [3.05, 3.63) is 60.3 Å². The van der Waals surface area contributed by atoms with Crippen LogP contribution in [0.15, 0.2) is 54.7 Å². The van der Waals surface area contributed by atoms with Gasteiger partial charge in [-0.05, 0) is 35.2 Å². The van der Waals surface area contributed by atoms with Crippen molar-refractivity contribution in [2.24, 2.45) is 0 Å². The normalized spacial score (nSPS) is 10.5. The third kappa shape index (κ3) is 3.05. The minimum absolute atomic E-state index is 0.470. The third-order valence-corrected chi connectivity index (χ3v) is 3.27. The topological polar surface area (TPSA) is 57.4 Å². The Hall–Kier alpha value is -2.75. The number of anilines is 1. The molecule has 3 rings (SSSR count). The molecule has 2 N–H and O–H groups in total. The van der Waals surface area contributed by atoms with Crippen LogP contribution in [0.3, 0.4) is 0 Å². The minimum Gasteiger partial charge on any atom is -0.497 e. The number of pyridine rings is 1. The molecule has 1 aromatic heterocycles. The fourth-order valence-corrected chi connectivity index (χ4v) is 2.10. The molecule has 0 amide bonds. The molecule has 1 heterocycles. The van der Waals surface area contributed by atoms with Crippen LogP contribution < -0.4 is 15.2 Å². The number of nitrogen functional groups attached to an aromatic ring is 1. The quantitative estimate of drug-likeness (QED) is 0.744. The predicted molar refractivity (Wildman–Crippen MR) is 83.5 cm³/mol. The maximum Gasteiger partial charge on any atom is 0.214 e. The third-order valence-electron chi connectivity index (χ3n) is 3.27.